The second-order valence-corrected chi connectivity index (χ2v) is 5.17. The molecule has 0 radical (unpaired) electrons. The first-order valence-corrected chi connectivity index (χ1v) is 6.80. The van der Waals surface area contributed by atoms with Crippen LogP contribution in [0.1, 0.15) is 12.5 Å². The number of ether oxygens (including phenoxy) is 2. The summed E-state index contributed by atoms with van der Waals surface area (Å²) in [6.45, 7) is 1.57. The maximum Gasteiger partial charge on any atom is 0.135 e. The lowest BCUT2D eigenvalue weighted by Crippen LogP contribution is -2.18. The average Bonchev–Trinajstić information content (AvgIpc) is 2.34. The van der Waals surface area contributed by atoms with Crippen LogP contribution in [-0.4, -0.2) is 32.7 Å². The first kappa shape index (κ1) is 15.1. The molecule has 0 bridgehead atoms. The molecule has 0 fully saturated rings. The molecule has 3 nitrogen and oxygen atoms in total. The second-order valence-electron chi connectivity index (χ2n) is 4.04. The number of hydrogen-bond acceptors (Lipinski definition) is 4. The molecule has 2 N–H and O–H groups in total. The Balaban J connectivity index is 3.12. The fourth-order valence-corrected chi connectivity index (χ4v) is 2.58. The van der Waals surface area contributed by atoms with Gasteiger partial charge >= 0.3 is 0 Å². The lowest BCUT2D eigenvalue weighted by molar-refractivity contribution is 0.388. The van der Waals surface area contributed by atoms with Gasteiger partial charge in [-0.15, -0.1) is 11.8 Å². The number of thioether (sulfide) groups is 1. The monoisotopic (exact) mass is 273 g/mol. The van der Waals surface area contributed by atoms with Gasteiger partial charge in [0.15, 0.2) is 0 Å². The van der Waals surface area contributed by atoms with Crippen molar-refractivity contribution in [1.29, 1.82) is 0 Å². The maximum atomic E-state index is 12.3. The van der Waals surface area contributed by atoms with Crippen LogP contribution in [0.3, 0.4) is 0 Å². The van der Waals surface area contributed by atoms with Crippen LogP contribution in [0.2, 0.25) is 0 Å². The van der Waals surface area contributed by atoms with Crippen LogP contribution >= 0.6 is 11.8 Å². The van der Waals surface area contributed by atoms with Gasteiger partial charge in [-0.3, -0.25) is 4.39 Å². The Hall–Kier alpha value is -0.940. The van der Waals surface area contributed by atoms with E-state index in [1.54, 1.807) is 14.2 Å². The van der Waals surface area contributed by atoms with Gasteiger partial charge in [-0.25, -0.2) is 0 Å². The zero-order chi connectivity index (χ0) is 13.5. The molecule has 0 heterocycles. The van der Waals surface area contributed by atoms with Crippen molar-refractivity contribution in [3.63, 3.8) is 0 Å². The molecule has 0 aliphatic heterocycles. The molecule has 1 aromatic carbocycles. The van der Waals surface area contributed by atoms with Gasteiger partial charge in [-0.1, -0.05) is 0 Å². The maximum absolute atomic E-state index is 12.3. The van der Waals surface area contributed by atoms with Gasteiger partial charge in [0.2, 0.25) is 0 Å². The predicted molar refractivity (Wildman–Crippen MR) is 73.6 cm³/mol. The van der Waals surface area contributed by atoms with E-state index in [0.717, 1.165) is 22.0 Å². The Morgan fingerprint density at radius 3 is 2.56 bits per heavy atom. The quantitative estimate of drug-likeness (QED) is 0.776. The molecule has 0 aliphatic rings. The lowest BCUT2D eigenvalue weighted by atomic mass is 10.1. The fourth-order valence-electron chi connectivity index (χ4n) is 1.74. The molecule has 0 saturated carbocycles. The molecule has 0 spiro atoms. The number of hydrogen-bond donors (Lipinski definition) is 1. The van der Waals surface area contributed by atoms with Crippen molar-refractivity contribution in [3.05, 3.63) is 17.7 Å². The standard InChI is InChI=1S/C13H20FNO2S/c1-9(15)6-10-7-11(16-2)8-12(13(10)17-3)18-5-4-14/h7-9H,4-6,15H2,1-3H3. The third kappa shape index (κ3) is 4.07. The molecule has 0 amide bonds. The Labute approximate surface area is 112 Å². The summed E-state index contributed by atoms with van der Waals surface area (Å²) in [5.74, 6) is 1.92. The van der Waals surface area contributed by atoms with Gasteiger partial charge in [0, 0.05) is 17.4 Å². The molecule has 1 unspecified atom stereocenters. The highest BCUT2D eigenvalue weighted by Gasteiger charge is 2.14. The van der Waals surface area contributed by atoms with Gasteiger partial charge in [0.1, 0.15) is 11.5 Å². The van der Waals surface area contributed by atoms with Crippen LogP contribution in [0, 0.1) is 0 Å². The molecule has 1 aromatic rings. The minimum atomic E-state index is -0.367. The van der Waals surface area contributed by atoms with Gasteiger partial charge in [-0.2, -0.15) is 0 Å². The second kappa shape index (κ2) is 7.48. The van der Waals surface area contributed by atoms with Gasteiger partial charge in [-0.05, 0) is 25.5 Å². The van der Waals surface area contributed by atoms with Crippen LogP contribution in [0.25, 0.3) is 0 Å². The minimum absolute atomic E-state index is 0.0324. The first-order valence-electron chi connectivity index (χ1n) is 5.81. The number of halogens is 1. The molecule has 0 aliphatic carbocycles. The molecule has 0 saturated heterocycles. The number of nitrogens with two attached hydrogens (primary N) is 1. The number of rotatable bonds is 7. The van der Waals surface area contributed by atoms with Crippen molar-refractivity contribution in [1.82, 2.24) is 0 Å². The highest BCUT2D eigenvalue weighted by Crippen LogP contribution is 2.37. The Bertz CT molecular complexity index is 385. The molecule has 102 valence electrons. The molecule has 0 aromatic heterocycles. The van der Waals surface area contributed by atoms with Crippen LogP contribution in [0.5, 0.6) is 11.5 Å². The first-order chi connectivity index (χ1) is 8.62. The summed E-state index contributed by atoms with van der Waals surface area (Å²) in [5, 5.41) is 0. The van der Waals surface area contributed by atoms with Crippen molar-refractivity contribution in [2.24, 2.45) is 5.73 Å². The summed E-state index contributed by atoms with van der Waals surface area (Å²) in [7, 11) is 3.23. The third-order valence-corrected chi connectivity index (χ3v) is 3.39. The largest absolute Gasteiger partial charge is 0.497 e. The Morgan fingerprint density at radius 2 is 2.06 bits per heavy atom. The van der Waals surface area contributed by atoms with Crippen molar-refractivity contribution in [3.8, 4) is 11.5 Å². The van der Waals surface area contributed by atoms with E-state index < -0.39 is 0 Å². The minimum Gasteiger partial charge on any atom is -0.497 e. The van der Waals surface area contributed by atoms with Crippen molar-refractivity contribution in [2.75, 3.05) is 26.6 Å². The van der Waals surface area contributed by atoms with E-state index in [1.165, 1.54) is 11.8 Å². The van der Waals surface area contributed by atoms with E-state index >= 15 is 0 Å². The molecular formula is C13H20FNO2S. The van der Waals surface area contributed by atoms with Crippen LogP contribution in [-0.2, 0) is 6.42 Å². The zero-order valence-electron chi connectivity index (χ0n) is 11.0. The normalized spacial score (nSPS) is 12.3. The zero-order valence-corrected chi connectivity index (χ0v) is 11.8. The van der Waals surface area contributed by atoms with Gasteiger partial charge < -0.3 is 15.2 Å². The van der Waals surface area contributed by atoms with Crippen molar-refractivity contribution < 1.29 is 13.9 Å². The van der Waals surface area contributed by atoms with E-state index in [9.17, 15) is 4.39 Å². The molecule has 1 atom stereocenters. The summed E-state index contributed by atoms with van der Waals surface area (Å²) in [6.07, 6.45) is 0.698. The van der Waals surface area contributed by atoms with Crippen LogP contribution < -0.4 is 15.2 Å². The molecule has 1 rings (SSSR count). The Kier molecular flexibility index (Phi) is 6.29. The van der Waals surface area contributed by atoms with Crippen molar-refractivity contribution in [2.45, 2.75) is 24.3 Å². The SMILES string of the molecule is COc1cc(CC(C)N)c(OC)c(SCCF)c1. The van der Waals surface area contributed by atoms with Crippen molar-refractivity contribution >= 4 is 11.8 Å². The summed E-state index contributed by atoms with van der Waals surface area (Å²) in [4.78, 5) is 0.894. The highest BCUT2D eigenvalue weighted by atomic mass is 32.2. The van der Waals surface area contributed by atoms with E-state index in [4.69, 9.17) is 15.2 Å². The summed E-state index contributed by atoms with van der Waals surface area (Å²) in [6, 6.07) is 3.82. The van der Waals surface area contributed by atoms with E-state index in [1.807, 2.05) is 19.1 Å². The summed E-state index contributed by atoms with van der Waals surface area (Å²) < 4.78 is 23.0. The lowest BCUT2D eigenvalue weighted by Gasteiger charge is -2.16. The molecule has 18 heavy (non-hydrogen) atoms. The summed E-state index contributed by atoms with van der Waals surface area (Å²) >= 11 is 1.42. The fraction of sp³-hybridized carbons (Fsp3) is 0.538. The Morgan fingerprint density at radius 1 is 1.33 bits per heavy atom. The van der Waals surface area contributed by atoms with Crippen LogP contribution in [0.15, 0.2) is 17.0 Å². The number of benzene rings is 1. The van der Waals surface area contributed by atoms with E-state index in [0.29, 0.717) is 12.2 Å². The van der Waals surface area contributed by atoms with Crippen LogP contribution in [0.4, 0.5) is 4.39 Å². The predicted octanol–water partition coefficient (Wildman–Crippen LogP) is 2.66. The summed E-state index contributed by atoms with van der Waals surface area (Å²) in [5.41, 5.74) is 6.82. The molecular weight excluding hydrogens is 253 g/mol. The van der Waals surface area contributed by atoms with E-state index in [-0.39, 0.29) is 12.7 Å². The van der Waals surface area contributed by atoms with Gasteiger partial charge in [0.25, 0.3) is 0 Å². The smallest absolute Gasteiger partial charge is 0.135 e. The number of methoxy groups -OCH3 is 2. The van der Waals surface area contributed by atoms with Gasteiger partial charge in [0.05, 0.1) is 25.8 Å². The topological polar surface area (TPSA) is 44.5 Å². The number of alkyl halides is 1. The molecule has 5 heteroatoms. The van der Waals surface area contributed by atoms with E-state index in [2.05, 4.69) is 0 Å². The average molecular weight is 273 g/mol. The third-order valence-electron chi connectivity index (χ3n) is 2.42. The highest BCUT2D eigenvalue weighted by molar-refractivity contribution is 7.99.